The molecule has 0 saturated carbocycles. The number of hydrogen-bond acceptors (Lipinski definition) is 4. The molecule has 0 aliphatic carbocycles. The summed E-state index contributed by atoms with van der Waals surface area (Å²) in [6.45, 7) is 5.84. The molecule has 0 spiro atoms. The summed E-state index contributed by atoms with van der Waals surface area (Å²) in [4.78, 5) is 6.85. The van der Waals surface area contributed by atoms with Crippen molar-refractivity contribution in [2.45, 2.75) is 18.6 Å². The number of pyridine rings is 1. The molecule has 1 aromatic heterocycles. The molecule has 0 amide bonds. The maximum atomic E-state index is 5.61. The van der Waals surface area contributed by atoms with Crippen molar-refractivity contribution >= 4 is 17.4 Å². The van der Waals surface area contributed by atoms with Crippen molar-refractivity contribution in [2.75, 3.05) is 31.1 Å². The molecular formula is C12H19N3S. The summed E-state index contributed by atoms with van der Waals surface area (Å²) in [5, 5.41) is 0.771. The molecule has 16 heavy (non-hydrogen) atoms. The van der Waals surface area contributed by atoms with Gasteiger partial charge in [0.25, 0.3) is 0 Å². The second kappa shape index (κ2) is 5.55. The zero-order valence-corrected chi connectivity index (χ0v) is 10.5. The van der Waals surface area contributed by atoms with E-state index in [1.165, 1.54) is 18.8 Å². The van der Waals surface area contributed by atoms with Crippen LogP contribution < -0.4 is 5.73 Å². The van der Waals surface area contributed by atoms with Gasteiger partial charge in [-0.05, 0) is 12.1 Å². The van der Waals surface area contributed by atoms with Gasteiger partial charge in [-0.15, -0.1) is 0 Å². The van der Waals surface area contributed by atoms with Crippen LogP contribution in [0.5, 0.6) is 0 Å². The third-order valence-electron chi connectivity index (χ3n) is 2.86. The molecule has 2 rings (SSSR count). The maximum Gasteiger partial charge on any atom is 0.0501 e. The summed E-state index contributed by atoms with van der Waals surface area (Å²) >= 11 is 2.07. The van der Waals surface area contributed by atoms with E-state index in [1.807, 2.05) is 12.1 Å². The Balaban J connectivity index is 1.80. The highest BCUT2D eigenvalue weighted by Gasteiger charge is 2.15. The van der Waals surface area contributed by atoms with E-state index in [2.05, 4.69) is 28.6 Å². The van der Waals surface area contributed by atoms with Gasteiger partial charge in [-0.25, -0.2) is 0 Å². The second-order valence-corrected chi connectivity index (χ2v) is 5.86. The molecule has 0 bridgehead atoms. The zero-order chi connectivity index (χ0) is 11.4. The van der Waals surface area contributed by atoms with Crippen molar-refractivity contribution in [2.24, 2.45) is 0 Å². The van der Waals surface area contributed by atoms with Gasteiger partial charge in [-0.1, -0.05) is 6.92 Å². The molecule has 1 saturated heterocycles. The number of nitrogens with two attached hydrogens (primary N) is 1. The number of thioether (sulfide) groups is 1. The molecule has 1 aliphatic heterocycles. The molecule has 4 heteroatoms. The molecule has 1 aromatic rings. The molecule has 2 N–H and O–H groups in total. The highest BCUT2D eigenvalue weighted by molar-refractivity contribution is 7.99. The topological polar surface area (TPSA) is 42.1 Å². The lowest BCUT2D eigenvalue weighted by Crippen LogP contribution is -2.37. The van der Waals surface area contributed by atoms with Crippen molar-refractivity contribution in [1.82, 2.24) is 9.88 Å². The van der Waals surface area contributed by atoms with Gasteiger partial charge in [-0.3, -0.25) is 4.98 Å². The minimum Gasteiger partial charge on any atom is -0.397 e. The number of nitrogen functional groups attached to an aromatic ring is 1. The van der Waals surface area contributed by atoms with E-state index in [-0.39, 0.29) is 0 Å². The van der Waals surface area contributed by atoms with E-state index < -0.39 is 0 Å². The zero-order valence-electron chi connectivity index (χ0n) is 9.72. The molecule has 1 atom stereocenters. The van der Waals surface area contributed by atoms with E-state index in [9.17, 15) is 0 Å². The highest BCUT2D eigenvalue weighted by Crippen LogP contribution is 2.17. The Hall–Kier alpha value is -0.740. The Bertz CT molecular complexity index is 326. The fourth-order valence-corrected chi connectivity index (χ4v) is 3.03. The fraction of sp³-hybridized carbons (Fsp3) is 0.583. The Labute approximate surface area is 101 Å². The van der Waals surface area contributed by atoms with Crippen LogP contribution in [0.4, 0.5) is 5.69 Å². The first-order chi connectivity index (χ1) is 7.74. The normalized spacial score (nSPS) is 22.2. The van der Waals surface area contributed by atoms with Crippen LogP contribution in [0, 0.1) is 0 Å². The van der Waals surface area contributed by atoms with Crippen LogP contribution in [0.1, 0.15) is 12.6 Å². The summed E-state index contributed by atoms with van der Waals surface area (Å²) < 4.78 is 0. The second-order valence-electron chi connectivity index (χ2n) is 4.31. The predicted molar refractivity (Wildman–Crippen MR) is 70.7 cm³/mol. The average molecular weight is 237 g/mol. The molecule has 1 unspecified atom stereocenters. The number of hydrogen-bond donors (Lipinski definition) is 1. The third kappa shape index (κ3) is 3.39. The number of rotatable bonds is 3. The van der Waals surface area contributed by atoms with Gasteiger partial charge in [0, 0.05) is 42.8 Å². The van der Waals surface area contributed by atoms with E-state index in [0.29, 0.717) is 0 Å². The van der Waals surface area contributed by atoms with Crippen LogP contribution >= 0.6 is 11.8 Å². The van der Waals surface area contributed by atoms with Crippen LogP contribution in [0.15, 0.2) is 18.3 Å². The molecular weight excluding hydrogens is 218 g/mol. The lowest BCUT2D eigenvalue weighted by molar-refractivity contribution is 0.289. The number of nitrogens with zero attached hydrogens (tertiary/aromatic N) is 2. The molecule has 1 aliphatic rings. The fourth-order valence-electron chi connectivity index (χ4n) is 1.95. The van der Waals surface area contributed by atoms with Gasteiger partial charge in [0.1, 0.15) is 0 Å². The minimum atomic E-state index is 0.742. The first-order valence-electron chi connectivity index (χ1n) is 5.78. The van der Waals surface area contributed by atoms with Crippen molar-refractivity contribution in [1.29, 1.82) is 0 Å². The lowest BCUT2D eigenvalue weighted by Gasteiger charge is -2.30. The molecule has 0 aromatic carbocycles. The standard InChI is InChI=1S/C12H19N3S/c1-10-9-15(6-7-16-10)5-4-12-3-2-11(13)8-14-12/h2-3,8,10H,4-7,9,13H2,1H3. The molecule has 2 heterocycles. The highest BCUT2D eigenvalue weighted by atomic mass is 32.2. The smallest absolute Gasteiger partial charge is 0.0501 e. The van der Waals surface area contributed by atoms with Crippen molar-refractivity contribution in [3.05, 3.63) is 24.0 Å². The third-order valence-corrected chi connectivity index (χ3v) is 3.99. The van der Waals surface area contributed by atoms with Gasteiger partial charge in [0.05, 0.1) is 11.9 Å². The van der Waals surface area contributed by atoms with Gasteiger partial charge in [0.15, 0.2) is 0 Å². The van der Waals surface area contributed by atoms with E-state index >= 15 is 0 Å². The Morgan fingerprint density at radius 2 is 2.44 bits per heavy atom. The molecule has 3 nitrogen and oxygen atoms in total. The molecule has 1 fully saturated rings. The summed E-state index contributed by atoms with van der Waals surface area (Å²) in [5.41, 5.74) is 7.49. The number of aromatic nitrogens is 1. The maximum absolute atomic E-state index is 5.61. The number of anilines is 1. The summed E-state index contributed by atoms with van der Waals surface area (Å²) in [6, 6.07) is 3.95. The van der Waals surface area contributed by atoms with Crippen molar-refractivity contribution in [3.63, 3.8) is 0 Å². The lowest BCUT2D eigenvalue weighted by atomic mass is 10.2. The van der Waals surface area contributed by atoms with E-state index in [0.717, 1.165) is 29.6 Å². The quantitative estimate of drug-likeness (QED) is 0.868. The Kier molecular flexibility index (Phi) is 4.07. The van der Waals surface area contributed by atoms with Crippen LogP contribution in [-0.2, 0) is 6.42 Å². The SMILES string of the molecule is CC1CN(CCc2ccc(N)cn2)CCS1. The van der Waals surface area contributed by atoms with Crippen molar-refractivity contribution < 1.29 is 0 Å². The summed E-state index contributed by atoms with van der Waals surface area (Å²) in [5.74, 6) is 1.26. The monoisotopic (exact) mass is 237 g/mol. The first kappa shape index (κ1) is 11.7. The van der Waals surface area contributed by atoms with E-state index in [4.69, 9.17) is 5.73 Å². The van der Waals surface area contributed by atoms with Gasteiger partial charge < -0.3 is 10.6 Å². The minimum absolute atomic E-state index is 0.742. The van der Waals surface area contributed by atoms with Gasteiger partial charge in [-0.2, -0.15) is 11.8 Å². The van der Waals surface area contributed by atoms with E-state index in [1.54, 1.807) is 6.20 Å². The van der Waals surface area contributed by atoms with Crippen LogP contribution in [0.3, 0.4) is 0 Å². The van der Waals surface area contributed by atoms with Crippen LogP contribution in [-0.4, -0.2) is 40.5 Å². The van der Waals surface area contributed by atoms with Gasteiger partial charge in [0.2, 0.25) is 0 Å². The molecule has 88 valence electrons. The predicted octanol–water partition coefficient (Wildman–Crippen LogP) is 1.64. The van der Waals surface area contributed by atoms with Crippen molar-refractivity contribution in [3.8, 4) is 0 Å². The Morgan fingerprint density at radius 1 is 1.56 bits per heavy atom. The van der Waals surface area contributed by atoms with Crippen LogP contribution in [0.2, 0.25) is 0 Å². The average Bonchev–Trinajstić information content (AvgIpc) is 2.28. The Morgan fingerprint density at radius 3 is 3.12 bits per heavy atom. The van der Waals surface area contributed by atoms with Gasteiger partial charge >= 0.3 is 0 Å². The summed E-state index contributed by atoms with van der Waals surface area (Å²) in [6.07, 6.45) is 2.77. The summed E-state index contributed by atoms with van der Waals surface area (Å²) in [7, 11) is 0. The van der Waals surface area contributed by atoms with Crippen LogP contribution in [0.25, 0.3) is 0 Å². The first-order valence-corrected chi connectivity index (χ1v) is 6.83. The molecule has 0 radical (unpaired) electrons. The largest absolute Gasteiger partial charge is 0.397 e.